The molecule has 0 aliphatic rings. The van der Waals surface area contributed by atoms with Crippen LogP contribution in [0.5, 0.6) is 0 Å². The van der Waals surface area contributed by atoms with Crippen LogP contribution in [-0.2, 0) is 6.42 Å². The quantitative estimate of drug-likeness (QED) is 0.840. The van der Waals surface area contributed by atoms with E-state index in [1.54, 1.807) is 4.68 Å². The van der Waals surface area contributed by atoms with Gasteiger partial charge in [0.15, 0.2) is 0 Å². The zero-order valence-corrected chi connectivity index (χ0v) is 12.9. The number of carbonyl (C=O) groups is 1. The Morgan fingerprint density at radius 1 is 1.47 bits per heavy atom. The first-order valence-corrected chi connectivity index (χ1v) is 7.06. The summed E-state index contributed by atoms with van der Waals surface area (Å²) in [5, 5.41) is 13.1. The first-order valence-electron chi connectivity index (χ1n) is 5.98. The Hall–Kier alpha value is -1.44. The van der Waals surface area contributed by atoms with Crippen molar-refractivity contribution in [3.8, 4) is 5.69 Å². The molecule has 0 saturated carbocycles. The van der Waals surface area contributed by atoms with Crippen molar-refractivity contribution in [2.75, 3.05) is 0 Å². The fraction of sp³-hybridized carbons (Fsp3) is 0.308. The largest absolute Gasteiger partial charge is 0.475 e. The summed E-state index contributed by atoms with van der Waals surface area (Å²) in [6, 6.07) is 5.98. The lowest BCUT2D eigenvalue weighted by Gasteiger charge is -2.08. The number of carboxylic acid groups (broad SMARTS) is 1. The number of aromatic carboxylic acids is 1. The molecule has 0 fully saturated rings. The number of rotatable bonds is 4. The highest BCUT2D eigenvalue weighted by Crippen LogP contribution is 2.19. The number of aryl methyl sites for hydroxylation is 2. The van der Waals surface area contributed by atoms with Gasteiger partial charge in [-0.2, -0.15) is 0 Å². The first-order chi connectivity index (χ1) is 9.02. The number of hydrogen-bond donors (Lipinski definition) is 1. The van der Waals surface area contributed by atoms with Gasteiger partial charge in [-0.15, -0.1) is 5.10 Å². The Balaban J connectivity index is 2.59. The number of hydrogen-bond acceptors (Lipinski definition) is 3. The topological polar surface area (TPSA) is 68.0 Å². The van der Waals surface area contributed by atoms with Gasteiger partial charge in [0.05, 0.1) is 5.69 Å². The van der Waals surface area contributed by atoms with Crippen molar-refractivity contribution in [2.24, 2.45) is 0 Å². The lowest BCUT2D eigenvalue weighted by molar-refractivity contribution is 0.0683. The Bertz CT molecular complexity index is 622. The number of aromatic nitrogens is 3. The van der Waals surface area contributed by atoms with Crippen molar-refractivity contribution in [1.29, 1.82) is 0 Å². The molecule has 0 aliphatic carbocycles. The van der Waals surface area contributed by atoms with Crippen LogP contribution >= 0.6 is 22.6 Å². The molecule has 6 heteroatoms. The summed E-state index contributed by atoms with van der Waals surface area (Å²) in [7, 11) is 0. The highest BCUT2D eigenvalue weighted by atomic mass is 127. The van der Waals surface area contributed by atoms with Gasteiger partial charge in [0.25, 0.3) is 5.82 Å². The Kier molecular flexibility index (Phi) is 4.18. The van der Waals surface area contributed by atoms with Gasteiger partial charge in [-0.05, 0) is 53.6 Å². The lowest BCUT2D eigenvalue weighted by atomic mass is 10.2. The minimum atomic E-state index is -1.10. The van der Waals surface area contributed by atoms with Crippen molar-refractivity contribution >= 4 is 28.6 Å². The average Bonchev–Trinajstić information content (AvgIpc) is 2.77. The van der Waals surface area contributed by atoms with E-state index in [-0.39, 0.29) is 5.82 Å². The van der Waals surface area contributed by atoms with Crippen LogP contribution in [0.2, 0.25) is 0 Å². The monoisotopic (exact) mass is 371 g/mol. The minimum Gasteiger partial charge on any atom is -0.475 e. The maximum Gasteiger partial charge on any atom is 0.375 e. The number of benzene rings is 1. The van der Waals surface area contributed by atoms with Crippen LogP contribution < -0.4 is 0 Å². The van der Waals surface area contributed by atoms with E-state index in [1.165, 1.54) is 0 Å². The molecule has 100 valence electrons. The predicted octanol–water partition coefficient (Wildman–Crippen LogP) is 2.83. The van der Waals surface area contributed by atoms with Crippen LogP contribution in [0, 0.1) is 10.5 Å². The van der Waals surface area contributed by atoms with E-state index in [4.69, 9.17) is 5.11 Å². The van der Waals surface area contributed by atoms with E-state index in [1.807, 2.05) is 32.0 Å². The molecule has 0 amide bonds. The van der Waals surface area contributed by atoms with Crippen molar-refractivity contribution < 1.29 is 9.90 Å². The highest BCUT2D eigenvalue weighted by Gasteiger charge is 2.17. The predicted molar refractivity (Wildman–Crippen MR) is 79.8 cm³/mol. The molecule has 1 N–H and O–H groups in total. The molecule has 1 aromatic carbocycles. The van der Waals surface area contributed by atoms with Gasteiger partial charge in [-0.3, -0.25) is 0 Å². The molecule has 1 aromatic heterocycles. The third-order valence-electron chi connectivity index (χ3n) is 2.74. The molecule has 0 unspecified atom stereocenters. The molecular formula is C13H14IN3O2. The second-order valence-corrected chi connectivity index (χ2v) is 5.50. The van der Waals surface area contributed by atoms with Gasteiger partial charge in [0, 0.05) is 9.99 Å². The van der Waals surface area contributed by atoms with E-state index in [2.05, 4.69) is 32.7 Å². The summed E-state index contributed by atoms with van der Waals surface area (Å²) in [6.45, 7) is 4.00. The van der Waals surface area contributed by atoms with Gasteiger partial charge < -0.3 is 5.11 Å². The maximum absolute atomic E-state index is 11.0. The van der Waals surface area contributed by atoms with Crippen LogP contribution in [-0.4, -0.2) is 25.8 Å². The first kappa shape index (κ1) is 14.0. The molecule has 1 heterocycles. The lowest BCUT2D eigenvalue weighted by Crippen LogP contribution is -2.06. The second-order valence-electron chi connectivity index (χ2n) is 4.25. The van der Waals surface area contributed by atoms with Crippen molar-refractivity contribution in [1.82, 2.24) is 14.8 Å². The van der Waals surface area contributed by atoms with Gasteiger partial charge in [0.2, 0.25) is 0 Å². The number of nitrogens with zero attached hydrogens (tertiary/aromatic N) is 3. The third-order valence-corrected chi connectivity index (χ3v) is 3.41. The van der Waals surface area contributed by atoms with E-state index in [0.717, 1.165) is 21.2 Å². The molecule has 0 bridgehead atoms. The van der Waals surface area contributed by atoms with Crippen molar-refractivity contribution in [2.45, 2.75) is 26.7 Å². The molecule has 0 spiro atoms. The van der Waals surface area contributed by atoms with Gasteiger partial charge in [0.1, 0.15) is 5.82 Å². The fourth-order valence-electron chi connectivity index (χ4n) is 1.82. The summed E-state index contributed by atoms with van der Waals surface area (Å²) < 4.78 is 2.72. The zero-order valence-electron chi connectivity index (χ0n) is 10.7. The van der Waals surface area contributed by atoms with E-state index in [0.29, 0.717) is 12.2 Å². The van der Waals surface area contributed by atoms with Crippen LogP contribution in [0.25, 0.3) is 5.69 Å². The fourth-order valence-corrected chi connectivity index (χ4v) is 2.30. The van der Waals surface area contributed by atoms with Crippen molar-refractivity contribution in [3.05, 3.63) is 39.0 Å². The molecule has 19 heavy (non-hydrogen) atoms. The average molecular weight is 371 g/mol. The van der Waals surface area contributed by atoms with Crippen LogP contribution in [0.3, 0.4) is 0 Å². The number of halogens is 1. The minimum absolute atomic E-state index is 0.151. The second kappa shape index (κ2) is 5.68. The van der Waals surface area contributed by atoms with E-state index < -0.39 is 5.97 Å². The highest BCUT2D eigenvalue weighted by molar-refractivity contribution is 14.1. The molecule has 5 nitrogen and oxygen atoms in total. The normalized spacial score (nSPS) is 10.7. The molecular weight excluding hydrogens is 357 g/mol. The SMILES string of the molecule is CCCc1nc(C(=O)O)nn1-c1cc(I)ccc1C. The van der Waals surface area contributed by atoms with Crippen LogP contribution in [0.1, 0.15) is 35.4 Å². The molecule has 0 radical (unpaired) electrons. The van der Waals surface area contributed by atoms with E-state index >= 15 is 0 Å². The van der Waals surface area contributed by atoms with Gasteiger partial charge in [-0.1, -0.05) is 13.0 Å². The molecule has 2 rings (SSSR count). The summed E-state index contributed by atoms with van der Waals surface area (Å²) in [6.07, 6.45) is 1.59. The van der Waals surface area contributed by atoms with Crippen LogP contribution in [0.4, 0.5) is 0 Å². The van der Waals surface area contributed by atoms with Gasteiger partial charge >= 0.3 is 5.97 Å². The summed E-state index contributed by atoms with van der Waals surface area (Å²) in [4.78, 5) is 15.1. The Morgan fingerprint density at radius 3 is 2.84 bits per heavy atom. The molecule has 0 atom stereocenters. The molecule has 0 aliphatic heterocycles. The van der Waals surface area contributed by atoms with Crippen molar-refractivity contribution in [3.63, 3.8) is 0 Å². The Labute approximate surface area is 124 Å². The van der Waals surface area contributed by atoms with Crippen LogP contribution in [0.15, 0.2) is 18.2 Å². The summed E-state index contributed by atoms with van der Waals surface area (Å²) in [5.41, 5.74) is 1.93. The Morgan fingerprint density at radius 2 is 2.21 bits per heavy atom. The standard InChI is InChI=1S/C13H14IN3O2/c1-3-4-11-15-12(13(18)19)16-17(11)10-7-9(14)6-5-8(10)2/h5-7H,3-4H2,1-2H3,(H,18,19). The zero-order chi connectivity index (χ0) is 14.0. The maximum atomic E-state index is 11.0. The summed E-state index contributed by atoms with van der Waals surface area (Å²) in [5.74, 6) is -0.564. The number of carboxylic acids is 1. The molecule has 2 aromatic rings. The molecule has 0 saturated heterocycles. The summed E-state index contributed by atoms with van der Waals surface area (Å²) >= 11 is 2.22. The smallest absolute Gasteiger partial charge is 0.375 e. The third kappa shape index (κ3) is 2.94. The van der Waals surface area contributed by atoms with Gasteiger partial charge in [-0.25, -0.2) is 14.5 Å². The van der Waals surface area contributed by atoms with E-state index in [9.17, 15) is 4.79 Å².